The minimum absolute atomic E-state index is 0.0866. The number of anilines is 1. The predicted octanol–water partition coefficient (Wildman–Crippen LogP) is 2.18. The molecular formula is C9H12ClNO2S. The van der Waals surface area contributed by atoms with Crippen LogP contribution in [0.4, 0.5) is 5.69 Å². The number of hydrogen-bond donors (Lipinski definition) is 1. The summed E-state index contributed by atoms with van der Waals surface area (Å²) < 4.78 is 23.2. The van der Waals surface area contributed by atoms with Gasteiger partial charge in [0.25, 0.3) is 0 Å². The van der Waals surface area contributed by atoms with Crippen molar-refractivity contribution in [3.63, 3.8) is 0 Å². The van der Waals surface area contributed by atoms with Crippen molar-refractivity contribution in [1.82, 2.24) is 0 Å². The van der Waals surface area contributed by atoms with E-state index in [9.17, 15) is 8.42 Å². The molecule has 0 saturated carbocycles. The van der Waals surface area contributed by atoms with Crippen molar-refractivity contribution in [2.75, 3.05) is 18.1 Å². The molecule has 1 aromatic rings. The summed E-state index contributed by atoms with van der Waals surface area (Å²) in [5.74, 6) is 0.0866. The van der Waals surface area contributed by atoms with E-state index in [4.69, 9.17) is 11.6 Å². The fourth-order valence-corrected chi connectivity index (χ4v) is 2.38. The summed E-state index contributed by atoms with van der Waals surface area (Å²) in [5.41, 5.74) is 0.541. The van der Waals surface area contributed by atoms with Crippen molar-refractivity contribution >= 4 is 27.1 Å². The lowest BCUT2D eigenvalue weighted by Crippen LogP contribution is -2.06. The van der Waals surface area contributed by atoms with Crippen LogP contribution < -0.4 is 5.32 Å². The molecule has 0 aliphatic heterocycles. The maximum Gasteiger partial charge on any atom is 0.180 e. The van der Waals surface area contributed by atoms with Crippen molar-refractivity contribution in [2.24, 2.45) is 0 Å². The first-order valence-electron chi connectivity index (χ1n) is 4.21. The van der Waals surface area contributed by atoms with E-state index < -0.39 is 9.84 Å². The largest absolute Gasteiger partial charge is 0.387 e. The number of halogens is 1. The van der Waals surface area contributed by atoms with E-state index in [2.05, 4.69) is 5.32 Å². The summed E-state index contributed by atoms with van der Waals surface area (Å²) in [6.45, 7) is 1.61. The molecule has 0 fully saturated rings. The molecule has 3 nitrogen and oxygen atoms in total. The topological polar surface area (TPSA) is 46.2 Å². The van der Waals surface area contributed by atoms with Gasteiger partial charge in [-0.25, -0.2) is 8.42 Å². The Kier molecular flexibility index (Phi) is 3.39. The number of hydrogen-bond acceptors (Lipinski definition) is 3. The van der Waals surface area contributed by atoms with Crippen LogP contribution in [-0.4, -0.2) is 21.2 Å². The summed E-state index contributed by atoms with van der Waals surface area (Å²) in [5, 5.41) is 3.33. The van der Waals surface area contributed by atoms with Gasteiger partial charge in [-0.05, 0) is 18.2 Å². The first kappa shape index (κ1) is 11.3. The third-order valence-electron chi connectivity index (χ3n) is 1.93. The van der Waals surface area contributed by atoms with Crippen molar-refractivity contribution in [2.45, 2.75) is 11.8 Å². The highest BCUT2D eigenvalue weighted by molar-refractivity contribution is 7.91. The van der Waals surface area contributed by atoms with Gasteiger partial charge in [-0.3, -0.25) is 0 Å². The Morgan fingerprint density at radius 2 is 2.07 bits per heavy atom. The molecule has 1 N–H and O–H groups in total. The highest BCUT2D eigenvalue weighted by Gasteiger charge is 2.15. The van der Waals surface area contributed by atoms with E-state index >= 15 is 0 Å². The van der Waals surface area contributed by atoms with Crippen LogP contribution in [0.25, 0.3) is 0 Å². The van der Waals surface area contributed by atoms with Gasteiger partial charge < -0.3 is 5.32 Å². The fraction of sp³-hybridized carbons (Fsp3) is 0.333. The summed E-state index contributed by atoms with van der Waals surface area (Å²) in [7, 11) is -1.51. The van der Waals surface area contributed by atoms with Crippen LogP contribution in [0.5, 0.6) is 0 Å². The Morgan fingerprint density at radius 3 is 2.57 bits per heavy atom. The fourth-order valence-electron chi connectivity index (χ4n) is 1.12. The van der Waals surface area contributed by atoms with Gasteiger partial charge in [0.05, 0.1) is 16.3 Å². The van der Waals surface area contributed by atoms with Crippen LogP contribution in [0.2, 0.25) is 5.02 Å². The van der Waals surface area contributed by atoms with Crippen molar-refractivity contribution < 1.29 is 8.42 Å². The van der Waals surface area contributed by atoms with Crippen LogP contribution in [-0.2, 0) is 9.84 Å². The van der Waals surface area contributed by atoms with Gasteiger partial charge in [-0.15, -0.1) is 0 Å². The Labute approximate surface area is 89.0 Å². The molecule has 1 rings (SSSR count). The second kappa shape index (κ2) is 4.19. The van der Waals surface area contributed by atoms with E-state index in [1.165, 1.54) is 6.07 Å². The molecule has 0 heterocycles. The van der Waals surface area contributed by atoms with Crippen molar-refractivity contribution in [3.05, 3.63) is 23.2 Å². The molecule has 0 aliphatic rings. The van der Waals surface area contributed by atoms with E-state index in [1.807, 2.05) is 0 Å². The highest BCUT2D eigenvalue weighted by atomic mass is 35.5. The Balaban J connectivity index is 3.35. The van der Waals surface area contributed by atoms with E-state index in [0.29, 0.717) is 15.6 Å². The van der Waals surface area contributed by atoms with E-state index in [0.717, 1.165) is 0 Å². The molecule has 0 atom stereocenters. The van der Waals surface area contributed by atoms with E-state index in [-0.39, 0.29) is 5.75 Å². The molecule has 5 heteroatoms. The Hall–Kier alpha value is -0.740. The molecule has 0 radical (unpaired) electrons. The zero-order chi connectivity index (χ0) is 10.8. The summed E-state index contributed by atoms with van der Waals surface area (Å²) in [6.07, 6.45) is 0. The van der Waals surface area contributed by atoms with Crippen LogP contribution in [0.15, 0.2) is 23.1 Å². The second-order valence-electron chi connectivity index (χ2n) is 2.79. The van der Waals surface area contributed by atoms with E-state index in [1.54, 1.807) is 26.1 Å². The monoisotopic (exact) mass is 233 g/mol. The van der Waals surface area contributed by atoms with Gasteiger partial charge >= 0.3 is 0 Å². The van der Waals surface area contributed by atoms with Crippen LogP contribution >= 0.6 is 11.6 Å². The third kappa shape index (κ3) is 2.19. The molecule has 0 amide bonds. The molecule has 0 unspecified atom stereocenters. The van der Waals surface area contributed by atoms with Crippen molar-refractivity contribution in [1.29, 1.82) is 0 Å². The van der Waals surface area contributed by atoms with Gasteiger partial charge in [0.15, 0.2) is 9.84 Å². The van der Waals surface area contributed by atoms with Crippen LogP contribution in [0.1, 0.15) is 6.92 Å². The van der Waals surface area contributed by atoms with Crippen LogP contribution in [0.3, 0.4) is 0 Å². The molecule has 14 heavy (non-hydrogen) atoms. The number of rotatable bonds is 3. The highest BCUT2D eigenvalue weighted by Crippen LogP contribution is 2.25. The first-order valence-corrected chi connectivity index (χ1v) is 6.24. The van der Waals surface area contributed by atoms with Gasteiger partial charge in [-0.2, -0.15) is 0 Å². The molecular weight excluding hydrogens is 222 g/mol. The molecule has 0 aromatic heterocycles. The third-order valence-corrected chi connectivity index (χ3v) is 3.95. The van der Waals surface area contributed by atoms with Gasteiger partial charge in [0, 0.05) is 12.1 Å². The zero-order valence-corrected chi connectivity index (χ0v) is 9.61. The summed E-state index contributed by atoms with van der Waals surface area (Å²) in [6, 6.07) is 4.70. The van der Waals surface area contributed by atoms with Gasteiger partial charge in [0.2, 0.25) is 0 Å². The average molecular weight is 234 g/mol. The lowest BCUT2D eigenvalue weighted by Gasteiger charge is -2.08. The maximum absolute atomic E-state index is 11.6. The Morgan fingerprint density at radius 1 is 1.43 bits per heavy atom. The number of benzene rings is 1. The predicted molar refractivity (Wildman–Crippen MR) is 58.7 cm³/mol. The minimum atomic E-state index is -3.18. The SMILES string of the molecule is CCS(=O)(=O)c1ccc(Cl)cc1NC. The molecule has 0 bridgehead atoms. The summed E-state index contributed by atoms with van der Waals surface area (Å²) in [4.78, 5) is 0.298. The maximum atomic E-state index is 11.6. The van der Waals surface area contributed by atoms with Crippen molar-refractivity contribution in [3.8, 4) is 0 Å². The van der Waals surface area contributed by atoms with Gasteiger partial charge in [-0.1, -0.05) is 18.5 Å². The number of sulfone groups is 1. The quantitative estimate of drug-likeness (QED) is 0.871. The molecule has 78 valence electrons. The average Bonchev–Trinajstić information content (AvgIpc) is 2.17. The minimum Gasteiger partial charge on any atom is -0.387 e. The summed E-state index contributed by atoms with van der Waals surface area (Å²) >= 11 is 5.75. The Bertz CT molecular complexity index is 428. The molecule has 0 saturated heterocycles. The lowest BCUT2D eigenvalue weighted by molar-refractivity contribution is 0.597. The molecule has 0 spiro atoms. The van der Waals surface area contributed by atoms with Gasteiger partial charge in [0.1, 0.15) is 0 Å². The second-order valence-corrected chi connectivity index (χ2v) is 5.48. The normalized spacial score (nSPS) is 11.4. The standard InChI is InChI=1S/C9H12ClNO2S/c1-3-14(12,13)9-5-4-7(10)6-8(9)11-2/h4-6,11H,3H2,1-2H3. The van der Waals surface area contributed by atoms with Crippen LogP contribution in [0, 0.1) is 0 Å². The number of nitrogens with one attached hydrogen (secondary N) is 1. The smallest absolute Gasteiger partial charge is 0.180 e. The molecule has 0 aliphatic carbocycles. The molecule has 1 aromatic carbocycles. The first-order chi connectivity index (χ1) is 6.51. The lowest BCUT2D eigenvalue weighted by atomic mass is 10.3. The zero-order valence-electron chi connectivity index (χ0n) is 8.04.